The molecule has 0 saturated heterocycles. The third kappa shape index (κ3) is 4.42. The first kappa shape index (κ1) is 19.1. The first-order chi connectivity index (χ1) is 11.5. The summed E-state index contributed by atoms with van der Waals surface area (Å²) in [6.07, 6.45) is -4.74. The summed E-state index contributed by atoms with van der Waals surface area (Å²) in [6, 6.07) is 5.42. The van der Waals surface area contributed by atoms with Crippen LogP contribution >= 0.6 is 0 Å². The van der Waals surface area contributed by atoms with Gasteiger partial charge in [-0.05, 0) is 6.92 Å². The fourth-order valence-corrected chi connectivity index (χ4v) is 2.63. The normalized spacial score (nSPS) is 12.6. The number of likely N-dealkylation sites (N-methyl/N-ethyl adjacent to an activating group) is 1. The maximum Gasteiger partial charge on any atom is 0.471 e. The van der Waals surface area contributed by atoms with Gasteiger partial charge in [-0.15, -0.1) is 0 Å². The average molecular weight is 377 g/mol. The fraction of sp³-hybridized carbons (Fsp3) is 0.357. The van der Waals surface area contributed by atoms with Crippen LogP contribution in [0.1, 0.15) is 23.2 Å². The molecule has 0 fully saturated rings. The van der Waals surface area contributed by atoms with Gasteiger partial charge in [0.25, 0.3) is 0 Å². The van der Waals surface area contributed by atoms with E-state index in [0.717, 1.165) is 4.31 Å². The van der Waals surface area contributed by atoms with Crippen molar-refractivity contribution in [1.29, 1.82) is 0 Å². The summed E-state index contributed by atoms with van der Waals surface area (Å²) < 4.78 is 65.7. The second-order valence-corrected chi connectivity index (χ2v) is 7.44. The van der Waals surface area contributed by atoms with Gasteiger partial charge in [0, 0.05) is 18.2 Å². The highest BCUT2D eigenvalue weighted by Gasteiger charge is 2.38. The molecule has 2 rings (SSSR count). The highest BCUT2D eigenvalue weighted by molar-refractivity contribution is 7.89. The van der Waals surface area contributed by atoms with Gasteiger partial charge in [0.2, 0.25) is 15.8 Å². The lowest BCUT2D eigenvalue weighted by Gasteiger charge is -2.14. The van der Waals surface area contributed by atoms with E-state index in [1.165, 1.54) is 38.2 Å². The summed E-state index contributed by atoms with van der Waals surface area (Å²) in [7, 11) is -2.20. The zero-order chi connectivity index (χ0) is 18.8. The van der Waals surface area contributed by atoms with Crippen LogP contribution in [0.15, 0.2) is 28.8 Å². The molecule has 1 aromatic carbocycles. The topological polar surface area (TPSA) is 93.4 Å². The van der Waals surface area contributed by atoms with Crippen molar-refractivity contribution in [1.82, 2.24) is 14.4 Å². The average Bonchev–Trinajstić information content (AvgIpc) is 3.05. The van der Waals surface area contributed by atoms with Crippen molar-refractivity contribution in [2.24, 2.45) is 0 Å². The molecule has 0 aliphatic heterocycles. The number of alkyl halides is 3. The van der Waals surface area contributed by atoms with E-state index in [2.05, 4.69) is 14.7 Å². The maximum atomic E-state index is 12.4. The molecule has 1 heterocycles. The number of halogens is 3. The van der Waals surface area contributed by atoms with Crippen molar-refractivity contribution < 1.29 is 30.9 Å². The molecule has 2 aromatic rings. The molecule has 11 heteroatoms. The fourth-order valence-electron chi connectivity index (χ4n) is 1.87. The monoisotopic (exact) mass is 377 g/mol. The minimum atomic E-state index is -4.74. The van der Waals surface area contributed by atoms with E-state index in [-0.39, 0.29) is 29.2 Å². The standard InChI is InChI=1S/C14H14F3N3O4S/c1-3-25(22,23)20(2)8-11(21)9-4-6-10(7-5-9)12-18-13(24-19-12)14(15,16)17/h4-7H,3,8H2,1-2H3. The number of benzene rings is 1. The van der Waals surface area contributed by atoms with Crippen LogP contribution in [0, 0.1) is 0 Å². The van der Waals surface area contributed by atoms with E-state index >= 15 is 0 Å². The van der Waals surface area contributed by atoms with Crippen molar-refractivity contribution in [3.05, 3.63) is 35.7 Å². The van der Waals surface area contributed by atoms with Gasteiger partial charge in [0.05, 0.1) is 12.3 Å². The molecule has 7 nitrogen and oxygen atoms in total. The highest BCUT2D eigenvalue weighted by Crippen LogP contribution is 2.29. The number of hydrogen-bond acceptors (Lipinski definition) is 6. The van der Waals surface area contributed by atoms with Gasteiger partial charge in [-0.1, -0.05) is 29.4 Å². The molecule has 0 amide bonds. The largest absolute Gasteiger partial charge is 0.471 e. The smallest absolute Gasteiger partial charge is 0.329 e. The Morgan fingerprint density at radius 2 is 1.84 bits per heavy atom. The third-order valence-electron chi connectivity index (χ3n) is 3.34. The minimum Gasteiger partial charge on any atom is -0.329 e. The van der Waals surface area contributed by atoms with Crippen LogP contribution < -0.4 is 0 Å². The lowest BCUT2D eigenvalue weighted by Crippen LogP contribution is -2.33. The van der Waals surface area contributed by atoms with E-state index in [0.29, 0.717) is 0 Å². The molecule has 0 N–H and O–H groups in total. The summed E-state index contributed by atoms with van der Waals surface area (Å²) in [6.45, 7) is 1.13. The number of sulfonamides is 1. The predicted molar refractivity (Wildman–Crippen MR) is 81.2 cm³/mol. The van der Waals surface area contributed by atoms with E-state index in [1.807, 2.05) is 0 Å². The second kappa shape index (κ2) is 6.92. The van der Waals surface area contributed by atoms with Gasteiger partial charge in [-0.25, -0.2) is 8.42 Å². The lowest BCUT2D eigenvalue weighted by molar-refractivity contribution is -0.159. The zero-order valence-electron chi connectivity index (χ0n) is 13.2. The van der Waals surface area contributed by atoms with E-state index in [4.69, 9.17) is 0 Å². The van der Waals surface area contributed by atoms with Gasteiger partial charge in [-0.2, -0.15) is 22.5 Å². The van der Waals surface area contributed by atoms with Crippen LogP contribution in [0.2, 0.25) is 0 Å². The number of rotatable bonds is 6. The second-order valence-electron chi connectivity index (χ2n) is 5.08. The lowest BCUT2D eigenvalue weighted by atomic mass is 10.1. The van der Waals surface area contributed by atoms with Crippen LogP contribution in [0.3, 0.4) is 0 Å². The van der Waals surface area contributed by atoms with Crippen LogP contribution in [-0.4, -0.2) is 48.0 Å². The number of nitrogens with zero attached hydrogens (tertiary/aromatic N) is 3. The molecule has 0 aliphatic carbocycles. The molecule has 0 aliphatic rings. The molecular weight excluding hydrogens is 363 g/mol. The molecule has 0 bridgehead atoms. The van der Waals surface area contributed by atoms with Gasteiger partial charge in [-0.3, -0.25) is 4.79 Å². The Morgan fingerprint density at radius 1 is 1.24 bits per heavy atom. The number of Topliss-reactive ketones (excluding diaryl/α,β-unsaturated/α-hetero) is 1. The first-order valence-electron chi connectivity index (χ1n) is 7.03. The van der Waals surface area contributed by atoms with Crippen LogP contribution in [0.4, 0.5) is 13.2 Å². The van der Waals surface area contributed by atoms with E-state index in [1.54, 1.807) is 0 Å². The predicted octanol–water partition coefficient (Wildman–Crippen LogP) is 2.22. The Kier molecular flexibility index (Phi) is 5.28. The Balaban J connectivity index is 2.14. The van der Waals surface area contributed by atoms with Crippen molar-refractivity contribution in [2.45, 2.75) is 13.1 Å². The van der Waals surface area contributed by atoms with Gasteiger partial charge in [0.15, 0.2) is 5.78 Å². The maximum absolute atomic E-state index is 12.4. The molecule has 0 spiro atoms. The first-order valence-corrected chi connectivity index (χ1v) is 8.64. The Labute approximate surface area is 141 Å². The zero-order valence-corrected chi connectivity index (χ0v) is 14.1. The Hall–Kier alpha value is -2.27. The van der Waals surface area contributed by atoms with Crippen molar-refractivity contribution >= 4 is 15.8 Å². The summed E-state index contributed by atoms with van der Waals surface area (Å²) in [5.41, 5.74) is 0.437. The summed E-state index contributed by atoms with van der Waals surface area (Å²) in [5.74, 6) is -2.31. The van der Waals surface area contributed by atoms with Crippen molar-refractivity contribution in [2.75, 3.05) is 19.3 Å². The minimum absolute atomic E-state index is 0.130. The quantitative estimate of drug-likeness (QED) is 0.717. The number of carbonyl (C=O) groups is 1. The van der Waals surface area contributed by atoms with Crippen LogP contribution in [-0.2, 0) is 16.2 Å². The molecule has 0 unspecified atom stereocenters. The molecule has 0 saturated carbocycles. The van der Waals surface area contributed by atoms with Gasteiger partial charge >= 0.3 is 12.1 Å². The molecule has 25 heavy (non-hydrogen) atoms. The summed E-state index contributed by atoms with van der Waals surface area (Å²) in [4.78, 5) is 15.3. The van der Waals surface area contributed by atoms with Crippen LogP contribution in [0.5, 0.6) is 0 Å². The molecular formula is C14H14F3N3O4S. The third-order valence-corrected chi connectivity index (χ3v) is 5.15. The summed E-state index contributed by atoms with van der Waals surface area (Å²) in [5, 5.41) is 3.24. The van der Waals surface area contributed by atoms with Gasteiger partial charge in [0.1, 0.15) is 0 Å². The molecule has 0 radical (unpaired) electrons. The van der Waals surface area contributed by atoms with Crippen LogP contribution in [0.25, 0.3) is 11.4 Å². The Morgan fingerprint density at radius 3 is 2.32 bits per heavy atom. The number of hydrogen-bond donors (Lipinski definition) is 0. The number of ketones is 1. The number of carbonyl (C=O) groups excluding carboxylic acids is 1. The molecule has 1 aromatic heterocycles. The number of aromatic nitrogens is 2. The highest BCUT2D eigenvalue weighted by atomic mass is 32.2. The molecule has 0 atom stereocenters. The molecule has 136 valence electrons. The van der Waals surface area contributed by atoms with Gasteiger partial charge < -0.3 is 4.52 Å². The van der Waals surface area contributed by atoms with Crippen molar-refractivity contribution in [3.8, 4) is 11.4 Å². The summed E-state index contributed by atoms with van der Waals surface area (Å²) >= 11 is 0. The van der Waals surface area contributed by atoms with Crippen molar-refractivity contribution in [3.63, 3.8) is 0 Å². The van der Waals surface area contributed by atoms with E-state index < -0.39 is 27.9 Å². The Bertz CT molecular complexity index is 860. The SMILES string of the molecule is CCS(=O)(=O)N(C)CC(=O)c1ccc(-c2noc(C(F)(F)F)n2)cc1. The van der Waals surface area contributed by atoms with E-state index in [9.17, 15) is 26.4 Å².